The van der Waals surface area contributed by atoms with Crippen molar-refractivity contribution in [1.82, 2.24) is 0 Å². The van der Waals surface area contributed by atoms with Gasteiger partial charge in [0.1, 0.15) is 0 Å². The van der Waals surface area contributed by atoms with Crippen molar-refractivity contribution < 1.29 is 5.11 Å². The Bertz CT molecular complexity index is 674. The number of rotatable bonds is 5. The Morgan fingerprint density at radius 2 is 1.63 bits per heavy atom. The minimum atomic E-state index is -0.448. The molecule has 0 aromatic heterocycles. The van der Waals surface area contributed by atoms with Gasteiger partial charge in [0.05, 0.1) is 5.60 Å². The number of aliphatic hydroxyl groups is 1. The zero-order valence-electron chi connectivity index (χ0n) is 21.2. The fraction of sp³-hybridized carbons (Fsp3) is 0.931. The van der Waals surface area contributed by atoms with Crippen molar-refractivity contribution in [3.8, 4) is 0 Å². The van der Waals surface area contributed by atoms with Crippen LogP contribution in [0.2, 0.25) is 0 Å². The molecule has 0 radical (unpaired) electrons. The van der Waals surface area contributed by atoms with Gasteiger partial charge in [-0.3, -0.25) is 0 Å². The van der Waals surface area contributed by atoms with Crippen molar-refractivity contribution >= 4 is 0 Å². The Labute approximate surface area is 187 Å². The molecule has 1 nitrogen and oxygen atoms in total. The highest BCUT2D eigenvalue weighted by Crippen LogP contribution is 2.69. The molecule has 0 amide bonds. The highest BCUT2D eigenvalue weighted by atomic mass is 16.3. The first-order valence-corrected chi connectivity index (χ1v) is 13.4. The maximum absolute atomic E-state index is 12.1. The van der Waals surface area contributed by atoms with Crippen molar-refractivity contribution in [2.24, 2.45) is 45.8 Å². The quantitative estimate of drug-likeness (QED) is 0.450. The summed E-state index contributed by atoms with van der Waals surface area (Å²) in [5.74, 6) is 3.56. The van der Waals surface area contributed by atoms with Crippen LogP contribution < -0.4 is 0 Å². The summed E-state index contributed by atoms with van der Waals surface area (Å²) in [4.78, 5) is 0. The van der Waals surface area contributed by atoms with E-state index in [9.17, 15) is 5.11 Å². The molecular weight excluding hydrogens is 364 g/mol. The standard InChI is InChI=1S/C29H50O/c1-20(2)10-8-11-21(3)29(30)19-15-24-22-12-13-25-26(4,5)16-9-17-27(25,6)23(22)14-18-28(24,29)7/h13,20-24,30H,8-12,14-19H2,1-7H3/t21-,22-,23+,24+,27-,28+,29+/m1/s1. The lowest BCUT2D eigenvalue weighted by molar-refractivity contribution is -0.151. The molecule has 1 N–H and O–H groups in total. The molecule has 0 bridgehead atoms. The second kappa shape index (κ2) is 7.64. The summed E-state index contributed by atoms with van der Waals surface area (Å²) >= 11 is 0. The molecule has 7 atom stereocenters. The molecule has 4 rings (SSSR count). The Kier molecular flexibility index (Phi) is 5.82. The topological polar surface area (TPSA) is 20.2 Å². The molecule has 3 fully saturated rings. The van der Waals surface area contributed by atoms with Crippen LogP contribution in [-0.2, 0) is 0 Å². The van der Waals surface area contributed by atoms with E-state index in [2.05, 4.69) is 54.5 Å². The molecule has 1 heteroatoms. The number of fused-ring (bicyclic) bond motifs is 5. The molecule has 3 saturated carbocycles. The monoisotopic (exact) mass is 414 g/mol. The van der Waals surface area contributed by atoms with E-state index < -0.39 is 5.60 Å². The average molecular weight is 415 g/mol. The zero-order valence-corrected chi connectivity index (χ0v) is 21.2. The molecule has 0 aliphatic heterocycles. The van der Waals surface area contributed by atoms with Crippen LogP contribution in [0.15, 0.2) is 11.6 Å². The predicted octanol–water partition coefficient (Wildman–Crippen LogP) is 8.17. The van der Waals surface area contributed by atoms with E-state index in [1.165, 1.54) is 64.2 Å². The lowest BCUT2D eigenvalue weighted by Crippen LogP contribution is -2.57. The average Bonchev–Trinajstić information content (AvgIpc) is 2.93. The fourth-order valence-corrected chi connectivity index (χ4v) is 9.43. The van der Waals surface area contributed by atoms with E-state index in [4.69, 9.17) is 0 Å². The first-order chi connectivity index (χ1) is 14.0. The van der Waals surface area contributed by atoms with Crippen molar-refractivity contribution in [2.45, 2.75) is 125 Å². The number of hydrogen-bond acceptors (Lipinski definition) is 1. The third-order valence-electron chi connectivity index (χ3n) is 11.1. The highest BCUT2D eigenvalue weighted by Gasteiger charge is 2.65. The second-order valence-electron chi connectivity index (χ2n) is 13.5. The van der Waals surface area contributed by atoms with Crippen molar-refractivity contribution in [2.75, 3.05) is 0 Å². The van der Waals surface area contributed by atoms with Crippen molar-refractivity contribution in [3.05, 3.63) is 11.6 Å². The Balaban J connectivity index is 1.57. The summed E-state index contributed by atoms with van der Waals surface area (Å²) in [5, 5.41) is 12.1. The van der Waals surface area contributed by atoms with Gasteiger partial charge in [0, 0.05) is 0 Å². The van der Waals surface area contributed by atoms with Crippen LogP contribution in [0.3, 0.4) is 0 Å². The van der Waals surface area contributed by atoms with Gasteiger partial charge in [-0.1, -0.05) is 79.4 Å². The molecule has 0 spiro atoms. The minimum absolute atomic E-state index is 0.122. The zero-order chi connectivity index (χ0) is 21.9. The molecule has 4 aliphatic carbocycles. The lowest BCUT2D eigenvalue weighted by Gasteiger charge is -2.61. The molecule has 0 aromatic carbocycles. The van der Waals surface area contributed by atoms with Crippen molar-refractivity contribution in [1.29, 1.82) is 0 Å². The molecule has 30 heavy (non-hydrogen) atoms. The first-order valence-electron chi connectivity index (χ1n) is 13.4. The molecule has 4 aliphatic rings. The van der Waals surface area contributed by atoms with E-state index in [1.807, 2.05) is 0 Å². The summed E-state index contributed by atoms with van der Waals surface area (Å²) in [6, 6.07) is 0. The van der Waals surface area contributed by atoms with Gasteiger partial charge in [-0.05, 0) is 97.2 Å². The van der Waals surface area contributed by atoms with Gasteiger partial charge in [-0.2, -0.15) is 0 Å². The van der Waals surface area contributed by atoms with Crippen LogP contribution in [-0.4, -0.2) is 10.7 Å². The minimum Gasteiger partial charge on any atom is -0.389 e. The van der Waals surface area contributed by atoms with Gasteiger partial charge < -0.3 is 5.11 Å². The molecule has 0 saturated heterocycles. The van der Waals surface area contributed by atoms with Gasteiger partial charge in [-0.25, -0.2) is 0 Å². The smallest absolute Gasteiger partial charge is 0.0729 e. The number of hydrogen-bond donors (Lipinski definition) is 1. The normalized spacial score (nSPS) is 46.0. The van der Waals surface area contributed by atoms with E-state index in [1.54, 1.807) is 5.57 Å². The largest absolute Gasteiger partial charge is 0.389 e. The Morgan fingerprint density at radius 1 is 0.933 bits per heavy atom. The van der Waals surface area contributed by atoms with Crippen LogP contribution in [0.25, 0.3) is 0 Å². The Morgan fingerprint density at radius 3 is 2.33 bits per heavy atom. The summed E-state index contributed by atoms with van der Waals surface area (Å²) in [6.45, 7) is 17.1. The second-order valence-corrected chi connectivity index (χ2v) is 13.5. The SMILES string of the molecule is CC(C)CCC[C@@H](C)[C@@]1(O)CC[C@H]2[C@@H]3CC=C4C(C)(C)CCC[C@]4(C)[C@H]3CC[C@@]21C. The Hall–Kier alpha value is -0.300. The maximum Gasteiger partial charge on any atom is 0.0729 e. The third kappa shape index (κ3) is 3.27. The van der Waals surface area contributed by atoms with Gasteiger partial charge >= 0.3 is 0 Å². The van der Waals surface area contributed by atoms with Gasteiger partial charge in [0.15, 0.2) is 0 Å². The van der Waals surface area contributed by atoms with E-state index in [0.29, 0.717) is 22.7 Å². The first kappa shape index (κ1) is 22.9. The highest BCUT2D eigenvalue weighted by molar-refractivity contribution is 5.30. The van der Waals surface area contributed by atoms with Crippen molar-refractivity contribution in [3.63, 3.8) is 0 Å². The molecule has 0 aromatic rings. The van der Waals surface area contributed by atoms with Crippen LogP contribution in [0, 0.1) is 45.8 Å². The predicted molar refractivity (Wildman–Crippen MR) is 128 cm³/mol. The van der Waals surface area contributed by atoms with Crippen LogP contribution >= 0.6 is 0 Å². The lowest BCUT2D eigenvalue weighted by atomic mass is 9.44. The van der Waals surface area contributed by atoms with Gasteiger partial charge in [0.25, 0.3) is 0 Å². The van der Waals surface area contributed by atoms with E-state index >= 15 is 0 Å². The molecule has 0 unspecified atom stereocenters. The molecule has 172 valence electrons. The van der Waals surface area contributed by atoms with Crippen LogP contribution in [0.4, 0.5) is 0 Å². The van der Waals surface area contributed by atoms with E-state index in [-0.39, 0.29) is 5.41 Å². The fourth-order valence-electron chi connectivity index (χ4n) is 9.43. The van der Waals surface area contributed by atoms with Crippen LogP contribution in [0.5, 0.6) is 0 Å². The summed E-state index contributed by atoms with van der Waals surface area (Å²) in [7, 11) is 0. The molecule has 0 heterocycles. The van der Waals surface area contributed by atoms with Gasteiger partial charge in [-0.15, -0.1) is 0 Å². The maximum atomic E-state index is 12.1. The van der Waals surface area contributed by atoms with Gasteiger partial charge in [0.2, 0.25) is 0 Å². The number of allylic oxidation sites excluding steroid dienone is 2. The third-order valence-corrected chi connectivity index (χ3v) is 11.1. The van der Waals surface area contributed by atoms with E-state index in [0.717, 1.165) is 24.2 Å². The summed E-state index contributed by atoms with van der Waals surface area (Å²) < 4.78 is 0. The summed E-state index contributed by atoms with van der Waals surface area (Å²) in [6.07, 6.45) is 16.8. The summed E-state index contributed by atoms with van der Waals surface area (Å²) in [5.41, 5.74) is 2.27. The molecular formula is C29H50O. The van der Waals surface area contributed by atoms with Crippen LogP contribution in [0.1, 0.15) is 119 Å².